The summed E-state index contributed by atoms with van der Waals surface area (Å²) in [5, 5.41) is 4.11. The van der Waals surface area contributed by atoms with E-state index in [1.54, 1.807) is 7.11 Å². The van der Waals surface area contributed by atoms with Gasteiger partial charge in [0.2, 0.25) is 0 Å². The van der Waals surface area contributed by atoms with E-state index in [0.717, 1.165) is 36.7 Å². The van der Waals surface area contributed by atoms with Crippen LogP contribution in [0.3, 0.4) is 0 Å². The van der Waals surface area contributed by atoms with Gasteiger partial charge in [-0.15, -0.1) is 0 Å². The average molecular weight is 349 g/mol. The molecule has 24 heavy (non-hydrogen) atoms. The zero-order valence-corrected chi connectivity index (χ0v) is 15.1. The SMILES string of the molecule is CCN1CCCC1CNCc1ccc(-c2ccc(OC)c(Cl)c2)o1. The second kappa shape index (κ2) is 8.06. The van der Waals surface area contributed by atoms with E-state index in [1.165, 1.54) is 19.4 Å². The number of halogens is 1. The first-order valence-electron chi connectivity index (χ1n) is 8.58. The van der Waals surface area contributed by atoms with Crippen LogP contribution in [-0.2, 0) is 6.54 Å². The molecule has 5 heteroatoms. The number of ether oxygens (including phenoxy) is 1. The summed E-state index contributed by atoms with van der Waals surface area (Å²) >= 11 is 6.19. The zero-order chi connectivity index (χ0) is 16.9. The molecule has 0 spiro atoms. The van der Waals surface area contributed by atoms with Crippen LogP contribution in [0.1, 0.15) is 25.5 Å². The molecular weight excluding hydrogens is 324 g/mol. The van der Waals surface area contributed by atoms with Crippen molar-refractivity contribution in [2.45, 2.75) is 32.4 Å². The van der Waals surface area contributed by atoms with Crippen molar-refractivity contribution in [1.29, 1.82) is 0 Å². The first-order valence-corrected chi connectivity index (χ1v) is 8.96. The van der Waals surface area contributed by atoms with Crippen molar-refractivity contribution in [2.24, 2.45) is 0 Å². The van der Waals surface area contributed by atoms with Crippen LogP contribution in [0.15, 0.2) is 34.7 Å². The van der Waals surface area contributed by atoms with E-state index >= 15 is 0 Å². The van der Waals surface area contributed by atoms with Gasteiger partial charge in [0.25, 0.3) is 0 Å². The van der Waals surface area contributed by atoms with E-state index in [9.17, 15) is 0 Å². The number of likely N-dealkylation sites (tertiary alicyclic amines) is 1. The second-order valence-electron chi connectivity index (χ2n) is 6.17. The van der Waals surface area contributed by atoms with Gasteiger partial charge in [-0.25, -0.2) is 0 Å². The van der Waals surface area contributed by atoms with Crippen LogP contribution in [0.5, 0.6) is 5.75 Å². The topological polar surface area (TPSA) is 37.6 Å². The lowest BCUT2D eigenvalue weighted by Crippen LogP contribution is -2.37. The van der Waals surface area contributed by atoms with Gasteiger partial charge in [-0.2, -0.15) is 0 Å². The van der Waals surface area contributed by atoms with Gasteiger partial charge in [0.05, 0.1) is 18.7 Å². The maximum absolute atomic E-state index is 6.19. The molecule has 0 amide bonds. The first-order chi connectivity index (χ1) is 11.7. The molecule has 1 aliphatic heterocycles. The maximum Gasteiger partial charge on any atom is 0.137 e. The summed E-state index contributed by atoms with van der Waals surface area (Å²) < 4.78 is 11.1. The molecule has 2 aromatic rings. The molecule has 4 nitrogen and oxygen atoms in total. The van der Waals surface area contributed by atoms with E-state index in [4.69, 9.17) is 20.8 Å². The molecule has 1 aliphatic rings. The Bertz CT molecular complexity index is 671. The van der Waals surface area contributed by atoms with Crippen molar-refractivity contribution in [3.05, 3.63) is 41.1 Å². The second-order valence-corrected chi connectivity index (χ2v) is 6.58. The Morgan fingerprint density at radius 1 is 1.33 bits per heavy atom. The predicted molar refractivity (Wildman–Crippen MR) is 97.7 cm³/mol. The van der Waals surface area contributed by atoms with Gasteiger partial charge in [0, 0.05) is 18.2 Å². The molecule has 3 rings (SSSR count). The number of hydrogen-bond acceptors (Lipinski definition) is 4. The molecular formula is C19H25ClN2O2. The zero-order valence-electron chi connectivity index (χ0n) is 14.3. The Labute approximate surface area is 148 Å². The van der Waals surface area contributed by atoms with E-state index in [1.807, 2.05) is 30.3 Å². The lowest BCUT2D eigenvalue weighted by molar-refractivity contribution is 0.258. The predicted octanol–water partition coefficient (Wildman–Crippen LogP) is 4.18. The van der Waals surface area contributed by atoms with Crippen LogP contribution in [0.25, 0.3) is 11.3 Å². The highest BCUT2D eigenvalue weighted by Crippen LogP contribution is 2.31. The third-order valence-corrected chi connectivity index (χ3v) is 4.98. The number of rotatable bonds is 7. The third-order valence-electron chi connectivity index (χ3n) is 4.68. The minimum absolute atomic E-state index is 0.590. The molecule has 1 aromatic carbocycles. The fourth-order valence-corrected chi connectivity index (χ4v) is 3.61. The van der Waals surface area contributed by atoms with Gasteiger partial charge >= 0.3 is 0 Å². The van der Waals surface area contributed by atoms with Crippen LogP contribution < -0.4 is 10.1 Å². The first kappa shape index (κ1) is 17.3. The molecule has 1 N–H and O–H groups in total. The van der Waals surface area contributed by atoms with Gasteiger partial charge in [-0.3, -0.25) is 4.90 Å². The highest BCUT2D eigenvalue weighted by atomic mass is 35.5. The molecule has 1 saturated heterocycles. The van der Waals surface area contributed by atoms with E-state index < -0.39 is 0 Å². The number of hydrogen-bond donors (Lipinski definition) is 1. The molecule has 1 atom stereocenters. The molecule has 1 fully saturated rings. The molecule has 0 aliphatic carbocycles. The normalized spacial score (nSPS) is 18.2. The molecule has 130 valence electrons. The molecule has 2 heterocycles. The van der Waals surface area contributed by atoms with Gasteiger partial charge in [0.15, 0.2) is 0 Å². The van der Waals surface area contributed by atoms with Crippen LogP contribution in [0.4, 0.5) is 0 Å². The van der Waals surface area contributed by atoms with Crippen molar-refractivity contribution in [1.82, 2.24) is 10.2 Å². The Hall–Kier alpha value is -1.49. The number of nitrogens with zero attached hydrogens (tertiary/aromatic N) is 1. The lowest BCUT2D eigenvalue weighted by Gasteiger charge is -2.22. The van der Waals surface area contributed by atoms with Crippen LogP contribution >= 0.6 is 11.6 Å². The summed E-state index contributed by atoms with van der Waals surface area (Å²) in [4.78, 5) is 2.54. The Kier molecular flexibility index (Phi) is 5.82. The van der Waals surface area contributed by atoms with Gasteiger partial charge in [0.1, 0.15) is 17.3 Å². The Balaban J connectivity index is 1.56. The number of benzene rings is 1. The van der Waals surface area contributed by atoms with Gasteiger partial charge in [-0.1, -0.05) is 18.5 Å². The fourth-order valence-electron chi connectivity index (χ4n) is 3.35. The quantitative estimate of drug-likeness (QED) is 0.814. The molecule has 0 saturated carbocycles. The Morgan fingerprint density at radius 2 is 2.21 bits per heavy atom. The molecule has 0 bridgehead atoms. The van der Waals surface area contributed by atoms with Gasteiger partial charge in [-0.05, 0) is 56.3 Å². The highest BCUT2D eigenvalue weighted by Gasteiger charge is 2.22. The van der Waals surface area contributed by atoms with Crippen molar-refractivity contribution in [3.8, 4) is 17.1 Å². The van der Waals surface area contributed by atoms with Crippen LogP contribution in [0.2, 0.25) is 5.02 Å². The van der Waals surface area contributed by atoms with E-state index in [0.29, 0.717) is 16.8 Å². The number of likely N-dealkylation sites (N-methyl/N-ethyl adjacent to an activating group) is 1. The minimum atomic E-state index is 0.590. The van der Waals surface area contributed by atoms with E-state index in [-0.39, 0.29) is 0 Å². The fraction of sp³-hybridized carbons (Fsp3) is 0.474. The van der Waals surface area contributed by atoms with Crippen molar-refractivity contribution in [2.75, 3.05) is 26.7 Å². The summed E-state index contributed by atoms with van der Waals surface area (Å²) in [6.07, 6.45) is 2.60. The third kappa shape index (κ3) is 3.94. The summed E-state index contributed by atoms with van der Waals surface area (Å²) in [5.41, 5.74) is 0.958. The van der Waals surface area contributed by atoms with Crippen molar-refractivity contribution < 1.29 is 9.15 Å². The molecule has 1 aromatic heterocycles. The lowest BCUT2D eigenvalue weighted by atomic mass is 10.2. The number of nitrogens with one attached hydrogen (secondary N) is 1. The Morgan fingerprint density at radius 3 is 2.96 bits per heavy atom. The minimum Gasteiger partial charge on any atom is -0.495 e. The number of methoxy groups -OCH3 is 1. The summed E-state index contributed by atoms with van der Waals surface area (Å²) in [5.74, 6) is 2.44. The smallest absolute Gasteiger partial charge is 0.137 e. The van der Waals surface area contributed by atoms with Gasteiger partial charge < -0.3 is 14.5 Å². The van der Waals surface area contributed by atoms with E-state index in [2.05, 4.69) is 17.1 Å². The largest absolute Gasteiger partial charge is 0.495 e. The average Bonchev–Trinajstić information content (AvgIpc) is 3.24. The number of furan rings is 1. The molecule has 0 radical (unpaired) electrons. The standard InChI is InChI=1S/C19H25ClN2O2/c1-3-22-10-4-5-15(22)12-21-13-16-7-9-18(24-16)14-6-8-19(23-2)17(20)11-14/h6-9,11,15,21H,3-5,10,12-13H2,1-2H3. The summed E-state index contributed by atoms with van der Waals surface area (Å²) in [6, 6.07) is 10.4. The van der Waals surface area contributed by atoms with Crippen LogP contribution in [0, 0.1) is 0 Å². The maximum atomic E-state index is 6.19. The summed E-state index contributed by atoms with van der Waals surface area (Å²) in [6.45, 7) is 6.36. The molecule has 1 unspecified atom stereocenters. The monoisotopic (exact) mass is 348 g/mol. The van der Waals surface area contributed by atoms with Crippen LogP contribution in [-0.4, -0.2) is 37.7 Å². The van der Waals surface area contributed by atoms with Crippen molar-refractivity contribution >= 4 is 11.6 Å². The summed E-state index contributed by atoms with van der Waals surface area (Å²) in [7, 11) is 1.61. The highest BCUT2D eigenvalue weighted by molar-refractivity contribution is 6.32. The van der Waals surface area contributed by atoms with Crippen molar-refractivity contribution in [3.63, 3.8) is 0 Å².